The Morgan fingerprint density at radius 2 is 1.56 bits per heavy atom. The lowest BCUT2D eigenvalue weighted by molar-refractivity contribution is -0.130. The Bertz CT molecular complexity index is 959. The van der Waals surface area contributed by atoms with Crippen molar-refractivity contribution in [2.45, 2.75) is 12.8 Å². The number of aryl methyl sites for hydroxylation is 1. The average Bonchev–Trinajstić information content (AvgIpc) is 2.70. The summed E-state index contributed by atoms with van der Waals surface area (Å²) in [4.78, 5) is 23.7. The Hall–Kier alpha value is -3.05. The molecule has 0 aliphatic carbocycles. The number of fused-ring (bicyclic) bond motifs is 1. The fraction of sp³-hybridized carbons (Fsp3) is 0.143. The van der Waals surface area contributed by atoms with E-state index in [0.717, 1.165) is 16.3 Å². The third-order valence-corrected chi connectivity index (χ3v) is 4.38. The Labute approximate surface area is 162 Å². The molecule has 0 fully saturated rings. The van der Waals surface area contributed by atoms with E-state index in [1.54, 1.807) is 12.1 Å². The number of hydrogen-bond donors (Lipinski definition) is 2. The number of halogens is 1. The lowest BCUT2D eigenvalue weighted by atomic mass is 10.1. The molecule has 3 rings (SSSR count). The Morgan fingerprint density at radius 3 is 2.37 bits per heavy atom. The number of benzene rings is 3. The molecule has 0 aromatic heterocycles. The predicted octanol–water partition coefficient (Wildman–Crippen LogP) is 3.65. The summed E-state index contributed by atoms with van der Waals surface area (Å²) in [5.74, 6) is -0.142. The van der Waals surface area contributed by atoms with Gasteiger partial charge in [0.05, 0.1) is 0 Å². The highest BCUT2D eigenvalue weighted by atomic mass is 35.5. The third-order valence-electron chi connectivity index (χ3n) is 4.01. The van der Waals surface area contributed by atoms with Crippen LogP contribution in [0.4, 0.5) is 0 Å². The van der Waals surface area contributed by atoms with Crippen LogP contribution in [0, 0.1) is 0 Å². The van der Waals surface area contributed by atoms with Crippen molar-refractivity contribution in [1.29, 1.82) is 0 Å². The number of hydrogen-bond acceptors (Lipinski definition) is 3. The molecular formula is C21H19ClN2O3. The molecule has 0 radical (unpaired) electrons. The highest BCUT2D eigenvalue weighted by Gasteiger charge is 2.07. The minimum absolute atomic E-state index is 0.191. The summed E-state index contributed by atoms with van der Waals surface area (Å²) in [5.41, 5.74) is 5.61. The number of amides is 2. The molecule has 0 unspecified atom stereocenters. The van der Waals surface area contributed by atoms with Gasteiger partial charge in [0.25, 0.3) is 5.91 Å². The number of hydrazine groups is 1. The summed E-state index contributed by atoms with van der Waals surface area (Å²) in [5, 5.41) is 2.75. The fourth-order valence-electron chi connectivity index (χ4n) is 2.59. The van der Waals surface area contributed by atoms with Gasteiger partial charge in [0, 0.05) is 11.4 Å². The number of rotatable bonds is 6. The van der Waals surface area contributed by atoms with Gasteiger partial charge in [0.15, 0.2) is 6.61 Å². The van der Waals surface area contributed by atoms with Gasteiger partial charge in [-0.1, -0.05) is 60.1 Å². The van der Waals surface area contributed by atoms with Crippen LogP contribution in [0.3, 0.4) is 0 Å². The molecule has 2 amide bonds. The molecule has 2 N–H and O–H groups in total. The zero-order valence-electron chi connectivity index (χ0n) is 14.6. The molecule has 0 heterocycles. The van der Waals surface area contributed by atoms with Crippen LogP contribution in [0.2, 0.25) is 5.02 Å². The maximum Gasteiger partial charge on any atom is 0.276 e. The van der Waals surface area contributed by atoms with E-state index in [1.807, 2.05) is 54.6 Å². The predicted molar refractivity (Wildman–Crippen MR) is 106 cm³/mol. The molecule has 5 nitrogen and oxygen atoms in total. The molecule has 0 saturated carbocycles. The van der Waals surface area contributed by atoms with Crippen molar-refractivity contribution in [3.8, 4) is 5.75 Å². The maximum atomic E-state index is 11.8. The minimum Gasteiger partial charge on any atom is -0.484 e. The molecule has 0 aliphatic heterocycles. The normalized spacial score (nSPS) is 10.4. The molecule has 138 valence electrons. The van der Waals surface area contributed by atoms with Crippen LogP contribution in [-0.2, 0) is 16.0 Å². The fourth-order valence-corrected chi connectivity index (χ4v) is 2.82. The van der Waals surface area contributed by atoms with Crippen molar-refractivity contribution < 1.29 is 14.3 Å². The lowest BCUT2D eigenvalue weighted by Gasteiger charge is -2.10. The van der Waals surface area contributed by atoms with Crippen molar-refractivity contribution in [3.63, 3.8) is 0 Å². The van der Waals surface area contributed by atoms with Crippen LogP contribution < -0.4 is 15.6 Å². The van der Waals surface area contributed by atoms with Crippen LogP contribution in [0.5, 0.6) is 5.75 Å². The van der Waals surface area contributed by atoms with Gasteiger partial charge in [-0.2, -0.15) is 0 Å². The van der Waals surface area contributed by atoms with Crippen LogP contribution >= 0.6 is 11.6 Å². The molecule has 27 heavy (non-hydrogen) atoms. The van der Waals surface area contributed by atoms with E-state index < -0.39 is 5.91 Å². The minimum atomic E-state index is -0.436. The molecule has 3 aromatic carbocycles. The van der Waals surface area contributed by atoms with E-state index in [0.29, 0.717) is 17.2 Å². The molecule has 6 heteroatoms. The molecule has 0 aliphatic rings. The van der Waals surface area contributed by atoms with Gasteiger partial charge in [-0.15, -0.1) is 0 Å². The zero-order valence-corrected chi connectivity index (χ0v) is 15.3. The van der Waals surface area contributed by atoms with Crippen LogP contribution in [0.15, 0.2) is 66.7 Å². The van der Waals surface area contributed by atoms with Gasteiger partial charge in [0.2, 0.25) is 5.91 Å². The number of ether oxygens (including phenoxy) is 1. The molecule has 0 atom stereocenters. The van der Waals surface area contributed by atoms with E-state index in [9.17, 15) is 9.59 Å². The maximum absolute atomic E-state index is 11.8. The lowest BCUT2D eigenvalue weighted by Crippen LogP contribution is -2.43. The first-order valence-electron chi connectivity index (χ1n) is 8.54. The SMILES string of the molecule is O=C(CCc1ccccc1Cl)NNC(=O)COc1ccc2ccccc2c1. The Kier molecular flexibility index (Phi) is 6.28. The first-order valence-corrected chi connectivity index (χ1v) is 8.92. The van der Waals surface area contributed by atoms with Crippen LogP contribution in [0.25, 0.3) is 10.8 Å². The Morgan fingerprint density at radius 1 is 0.852 bits per heavy atom. The number of nitrogens with one attached hydrogen (secondary N) is 2. The van der Waals surface area contributed by atoms with Gasteiger partial charge in [0.1, 0.15) is 5.75 Å². The highest BCUT2D eigenvalue weighted by Crippen LogP contribution is 2.20. The molecule has 0 spiro atoms. The standard InChI is InChI=1S/C21H19ClN2O3/c22-19-8-4-3-6-16(19)10-12-20(25)23-24-21(26)14-27-18-11-9-15-5-1-2-7-17(15)13-18/h1-9,11,13H,10,12,14H2,(H,23,25)(H,24,26). The van der Waals surface area contributed by atoms with Crippen LogP contribution in [-0.4, -0.2) is 18.4 Å². The molecule has 0 bridgehead atoms. The van der Waals surface area contributed by atoms with Crippen molar-refractivity contribution >= 4 is 34.2 Å². The summed E-state index contributed by atoms with van der Waals surface area (Å²) in [6.07, 6.45) is 0.713. The first-order chi connectivity index (χ1) is 13.1. The van der Waals surface area contributed by atoms with E-state index >= 15 is 0 Å². The first kappa shape index (κ1) is 18.7. The zero-order chi connectivity index (χ0) is 19.1. The van der Waals surface area contributed by atoms with Crippen molar-refractivity contribution in [2.24, 2.45) is 0 Å². The largest absolute Gasteiger partial charge is 0.484 e. The summed E-state index contributed by atoms with van der Waals surface area (Å²) in [6, 6.07) is 20.8. The second kappa shape index (κ2) is 9.05. The van der Waals surface area contributed by atoms with Crippen LogP contribution in [0.1, 0.15) is 12.0 Å². The van der Waals surface area contributed by atoms with Gasteiger partial charge in [-0.3, -0.25) is 20.4 Å². The van der Waals surface area contributed by atoms with E-state index in [-0.39, 0.29) is 18.9 Å². The second-order valence-electron chi connectivity index (χ2n) is 5.99. The van der Waals surface area contributed by atoms with E-state index in [1.165, 1.54) is 0 Å². The van der Waals surface area contributed by atoms with Crippen molar-refractivity contribution in [2.75, 3.05) is 6.61 Å². The third kappa shape index (κ3) is 5.46. The average molecular weight is 383 g/mol. The van der Waals surface area contributed by atoms with Gasteiger partial charge in [-0.25, -0.2) is 0 Å². The van der Waals surface area contributed by atoms with Gasteiger partial charge >= 0.3 is 0 Å². The Balaban J connectivity index is 1.41. The highest BCUT2D eigenvalue weighted by molar-refractivity contribution is 6.31. The van der Waals surface area contributed by atoms with E-state index in [2.05, 4.69) is 10.9 Å². The molecule has 3 aromatic rings. The monoisotopic (exact) mass is 382 g/mol. The number of carbonyl (C=O) groups excluding carboxylic acids is 2. The molecule has 0 saturated heterocycles. The summed E-state index contributed by atoms with van der Waals surface area (Å²) in [6.45, 7) is -0.191. The summed E-state index contributed by atoms with van der Waals surface area (Å²) < 4.78 is 5.47. The summed E-state index contributed by atoms with van der Waals surface area (Å²) >= 11 is 6.05. The quantitative estimate of drug-likeness (QED) is 0.639. The molecular weight excluding hydrogens is 364 g/mol. The second-order valence-corrected chi connectivity index (χ2v) is 6.39. The van der Waals surface area contributed by atoms with Crippen molar-refractivity contribution in [1.82, 2.24) is 10.9 Å². The van der Waals surface area contributed by atoms with Gasteiger partial charge < -0.3 is 4.74 Å². The van der Waals surface area contributed by atoms with Gasteiger partial charge in [-0.05, 0) is 41.0 Å². The van der Waals surface area contributed by atoms with E-state index in [4.69, 9.17) is 16.3 Å². The smallest absolute Gasteiger partial charge is 0.276 e. The number of carbonyl (C=O) groups is 2. The van der Waals surface area contributed by atoms with Crippen molar-refractivity contribution in [3.05, 3.63) is 77.3 Å². The topological polar surface area (TPSA) is 67.4 Å². The summed E-state index contributed by atoms with van der Waals surface area (Å²) in [7, 11) is 0.